The largest absolute Gasteiger partial charge is 0.488 e. The number of nitrogens with zero attached hydrogens (tertiary/aromatic N) is 4. The van der Waals surface area contributed by atoms with E-state index in [0.29, 0.717) is 69.6 Å². The highest BCUT2D eigenvalue weighted by Crippen LogP contribution is 2.50. The summed E-state index contributed by atoms with van der Waals surface area (Å²) in [6, 6.07) is 55.0. The van der Waals surface area contributed by atoms with Crippen molar-refractivity contribution < 1.29 is 46.7 Å². The van der Waals surface area contributed by atoms with Gasteiger partial charge in [-0.3, -0.25) is 0 Å². The van der Waals surface area contributed by atoms with Crippen molar-refractivity contribution in [3.63, 3.8) is 0 Å². The fraction of sp³-hybridized carbons (Fsp3) is 0.282. The van der Waals surface area contributed by atoms with Crippen LogP contribution in [0, 0.1) is 0 Å². The molecule has 4 heterocycles. The Labute approximate surface area is 538 Å². The van der Waals surface area contributed by atoms with Crippen LogP contribution in [0.25, 0.3) is 58.0 Å². The molecule has 0 bridgehead atoms. The first kappa shape index (κ1) is 62.4. The molecule has 0 radical (unpaired) electrons. The van der Waals surface area contributed by atoms with E-state index >= 15 is 0 Å². The maximum Gasteiger partial charge on any atom is 0.248 e. The minimum atomic E-state index is -0.697. The number of epoxide rings is 2. The van der Waals surface area contributed by atoms with Crippen LogP contribution in [-0.2, 0) is 20.3 Å². The van der Waals surface area contributed by atoms with Gasteiger partial charge in [-0.15, -0.1) is 20.4 Å². The Bertz CT molecular complexity index is 4320. The topological polar surface area (TPSA) is 158 Å². The van der Waals surface area contributed by atoms with Crippen molar-refractivity contribution in [3.05, 3.63) is 215 Å². The molecule has 0 aliphatic carbocycles. The van der Waals surface area contributed by atoms with Gasteiger partial charge in [-0.05, 0) is 224 Å². The monoisotopic (exact) mass is 1230 g/mol. The Morgan fingerprint density at radius 1 is 0.370 bits per heavy atom. The van der Waals surface area contributed by atoms with Crippen LogP contribution in [0.15, 0.2) is 191 Å². The lowest BCUT2D eigenvalue weighted by atomic mass is 9.71. The molecular weight excluding hydrogens is 1150 g/mol. The van der Waals surface area contributed by atoms with E-state index in [1.807, 2.05) is 211 Å². The molecule has 0 amide bonds. The van der Waals surface area contributed by atoms with Crippen molar-refractivity contribution in [1.29, 1.82) is 0 Å². The third kappa shape index (κ3) is 14.1. The summed E-state index contributed by atoms with van der Waals surface area (Å²) in [7, 11) is 0. The lowest BCUT2D eigenvalue weighted by Gasteiger charge is -2.42. The molecule has 2 aliphatic rings. The third-order valence-electron chi connectivity index (χ3n) is 16.8. The van der Waals surface area contributed by atoms with Gasteiger partial charge in [0.1, 0.15) is 80.9 Å². The van der Waals surface area contributed by atoms with Gasteiger partial charge in [-0.1, -0.05) is 83.2 Å². The molecule has 2 saturated heterocycles. The lowest BCUT2D eigenvalue weighted by molar-refractivity contribution is 0.0344. The SMILES string of the molecule is C/C=C/c1cc(Oc2ccc(OC(C)(C)C)c(/C=C/C)c2)ccc1Oc1ccc(-c2nnc(-c3ccc(C(C)(C)C(C)(C)Oc4ccc(Oc5ccc(Oc6ccc(-c7nnc(-c8ccc(C(C)(C)C)cc8)o7)cc6)c(C6OC6C)c5)cc4C4OC4C)cc3)o2)cc1. The Morgan fingerprint density at radius 2 is 0.717 bits per heavy atom. The van der Waals surface area contributed by atoms with Gasteiger partial charge in [-0.2, -0.15) is 0 Å². The van der Waals surface area contributed by atoms with Gasteiger partial charge in [0.05, 0.1) is 12.2 Å². The highest BCUT2D eigenvalue weighted by atomic mass is 16.6. The summed E-state index contributed by atoms with van der Waals surface area (Å²) in [5.41, 5.74) is 7.66. The highest BCUT2D eigenvalue weighted by molar-refractivity contribution is 5.65. The summed E-state index contributed by atoms with van der Waals surface area (Å²) in [6.07, 6.45) is 7.74. The maximum absolute atomic E-state index is 7.04. The Hall–Kier alpha value is -9.76. The fourth-order valence-corrected chi connectivity index (χ4v) is 10.8. The first-order chi connectivity index (χ1) is 44.0. The van der Waals surface area contributed by atoms with Crippen molar-refractivity contribution in [3.8, 4) is 103 Å². The molecule has 0 N–H and O–H groups in total. The molecular formula is C78H78N4O10. The molecule has 0 saturated carbocycles. The average Bonchev–Trinajstić information content (AvgIpc) is 1.57. The van der Waals surface area contributed by atoms with E-state index in [1.54, 1.807) is 0 Å². The van der Waals surface area contributed by atoms with Crippen LogP contribution in [0.4, 0.5) is 0 Å². The second kappa shape index (κ2) is 25.1. The molecule has 2 aliphatic heterocycles. The van der Waals surface area contributed by atoms with Crippen LogP contribution in [-0.4, -0.2) is 43.8 Å². The van der Waals surface area contributed by atoms with Crippen molar-refractivity contribution in [2.45, 2.75) is 143 Å². The Morgan fingerprint density at radius 3 is 1.13 bits per heavy atom. The summed E-state index contributed by atoms with van der Waals surface area (Å²) >= 11 is 0. The van der Waals surface area contributed by atoms with E-state index in [2.05, 4.69) is 100 Å². The van der Waals surface area contributed by atoms with Crippen molar-refractivity contribution >= 4 is 12.2 Å². The molecule has 4 atom stereocenters. The van der Waals surface area contributed by atoms with Gasteiger partial charge in [-0.25, -0.2) is 0 Å². The minimum Gasteiger partial charge on any atom is -0.488 e. The second-order valence-electron chi connectivity index (χ2n) is 26.5. The number of allylic oxidation sites excluding steroid dienone is 2. The molecule has 2 aromatic heterocycles. The highest BCUT2D eigenvalue weighted by Gasteiger charge is 2.44. The normalized spacial score (nSPS) is 16.6. The molecule has 12 rings (SSSR count). The lowest BCUT2D eigenvalue weighted by Crippen LogP contribution is -2.47. The van der Waals surface area contributed by atoms with E-state index in [0.717, 1.165) is 61.6 Å². The number of aromatic nitrogens is 4. The zero-order valence-corrected chi connectivity index (χ0v) is 54.7. The maximum atomic E-state index is 7.04. The van der Waals surface area contributed by atoms with Crippen LogP contribution in [0.3, 0.4) is 0 Å². The quantitative estimate of drug-likeness (QED) is 0.0626. The number of benzene rings is 8. The molecule has 10 aromatic rings. The molecule has 8 aromatic carbocycles. The van der Waals surface area contributed by atoms with Crippen LogP contribution in [0.5, 0.6) is 57.5 Å². The van der Waals surface area contributed by atoms with E-state index in [4.69, 9.17) is 46.7 Å². The molecule has 0 spiro atoms. The molecule has 14 heteroatoms. The summed E-state index contributed by atoms with van der Waals surface area (Å²) in [6.45, 7) is 29.3. The second-order valence-corrected chi connectivity index (χ2v) is 26.5. The van der Waals surface area contributed by atoms with Gasteiger partial charge in [0, 0.05) is 49.9 Å². The Balaban J connectivity index is 0.678. The average molecular weight is 1230 g/mol. The molecule has 14 nitrogen and oxygen atoms in total. The smallest absolute Gasteiger partial charge is 0.248 e. The van der Waals surface area contributed by atoms with Crippen LogP contribution < -0.4 is 28.4 Å². The van der Waals surface area contributed by atoms with Crippen molar-refractivity contribution in [1.82, 2.24) is 20.4 Å². The van der Waals surface area contributed by atoms with Gasteiger partial charge < -0.3 is 46.7 Å². The van der Waals surface area contributed by atoms with Crippen LogP contribution in [0.2, 0.25) is 0 Å². The molecule has 2 fully saturated rings. The predicted molar refractivity (Wildman–Crippen MR) is 359 cm³/mol. The Kier molecular flexibility index (Phi) is 17.1. The van der Waals surface area contributed by atoms with Crippen LogP contribution in [0.1, 0.15) is 143 Å². The van der Waals surface area contributed by atoms with Gasteiger partial charge in [0.15, 0.2) is 0 Å². The first-order valence-electron chi connectivity index (χ1n) is 31.3. The summed E-state index contributed by atoms with van der Waals surface area (Å²) in [5, 5.41) is 17.5. The number of hydrogen-bond donors (Lipinski definition) is 0. The van der Waals surface area contributed by atoms with Gasteiger partial charge >= 0.3 is 0 Å². The zero-order valence-electron chi connectivity index (χ0n) is 54.7. The number of ether oxygens (including phenoxy) is 8. The summed E-state index contributed by atoms with van der Waals surface area (Å²) in [4.78, 5) is 0. The van der Waals surface area contributed by atoms with Crippen LogP contribution >= 0.6 is 0 Å². The third-order valence-corrected chi connectivity index (χ3v) is 16.8. The minimum absolute atomic E-state index is 0.0252. The van der Waals surface area contributed by atoms with Crippen molar-refractivity contribution in [2.24, 2.45) is 0 Å². The molecule has 92 heavy (non-hydrogen) atoms. The fourth-order valence-electron chi connectivity index (χ4n) is 10.8. The van der Waals surface area contributed by atoms with E-state index in [9.17, 15) is 0 Å². The zero-order chi connectivity index (χ0) is 64.7. The standard InChI is InChI=1S/C78H78N4O10/c1-15-17-53-43-59(85-60-36-40-66(91-76(8,9)10)54(44-60)18-16-2)35-39-65(53)87-57-31-23-51(24-32-57)73-82-80-72(90-73)50-21-29-56(30-22-50)77(11,12)78(13,14)92-68-42-38-62(46-64(68)70-48(4)84-70)86-61-37-41-67(63(45-61)69-47(3)83-69)88-58-33-25-52(26-34-58)74-81-79-71(89-74)49-19-27-55(28-20-49)75(5,6)7/h15-48,69-70H,1-14H3/b17-15+,18-16+. The van der Waals surface area contributed by atoms with Gasteiger partial charge in [0.25, 0.3) is 0 Å². The summed E-state index contributed by atoms with van der Waals surface area (Å²) in [5.74, 6) is 8.53. The van der Waals surface area contributed by atoms with E-state index in [1.165, 1.54) is 5.56 Å². The van der Waals surface area contributed by atoms with E-state index < -0.39 is 11.0 Å². The van der Waals surface area contributed by atoms with Crippen molar-refractivity contribution in [2.75, 3.05) is 0 Å². The van der Waals surface area contributed by atoms with E-state index in [-0.39, 0.29) is 35.4 Å². The summed E-state index contributed by atoms with van der Waals surface area (Å²) < 4.78 is 63.5. The molecule has 470 valence electrons. The number of hydrogen-bond acceptors (Lipinski definition) is 14. The number of rotatable bonds is 21. The molecule has 4 unspecified atom stereocenters. The predicted octanol–water partition coefficient (Wildman–Crippen LogP) is 20.9. The first-order valence-corrected chi connectivity index (χ1v) is 31.3. The van der Waals surface area contributed by atoms with Gasteiger partial charge in [0.2, 0.25) is 23.6 Å².